The van der Waals surface area contributed by atoms with Gasteiger partial charge < -0.3 is 0 Å². The van der Waals surface area contributed by atoms with Crippen LogP contribution in [0.15, 0.2) is 84.9 Å². The van der Waals surface area contributed by atoms with Gasteiger partial charge in [0.1, 0.15) is 0 Å². The molecule has 119 valence electrons. The van der Waals surface area contributed by atoms with Gasteiger partial charge >= 0.3 is 0 Å². The maximum absolute atomic E-state index is 3.58. The first-order valence-electron chi connectivity index (χ1n) is 8.77. The van der Waals surface area contributed by atoms with E-state index < -0.39 is 7.92 Å². The van der Waals surface area contributed by atoms with Crippen LogP contribution in [0.25, 0.3) is 10.8 Å². The van der Waals surface area contributed by atoms with E-state index in [-0.39, 0.29) is 0 Å². The zero-order valence-corrected chi connectivity index (χ0v) is 14.8. The molecule has 0 spiro atoms. The minimum Gasteiger partial charge on any atom is -0.0622 e. The van der Waals surface area contributed by atoms with Gasteiger partial charge in [-0.1, -0.05) is 84.9 Å². The van der Waals surface area contributed by atoms with Gasteiger partial charge in [-0.3, -0.25) is 0 Å². The first kappa shape index (κ1) is 14.9. The average Bonchev–Trinajstić information content (AvgIpc) is 3.11. The molecule has 0 heterocycles. The van der Waals surface area contributed by atoms with Gasteiger partial charge in [0.15, 0.2) is 0 Å². The van der Waals surface area contributed by atoms with Gasteiger partial charge in [0, 0.05) is 0 Å². The molecular weight excluding hydrogens is 319 g/mol. The number of benzene rings is 4. The lowest BCUT2D eigenvalue weighted by Crippen LogP contribution is -2.21. The van der Waals surface area contributed by atoms with Gasteiger partial charge in [-0.25, -0.2) is 0 Å². The van der Waals surface area contributed by atoms with Crippen molar-refractivity contribution >= 4 is 34.6 Å². The van der Waals surface area contributed by atoms with E-state index in [1.807, 2.05) is 0 Å². The quantitative estimate of drug-likeness (QED) is 0.483. The monoisotopic (exact) mass is 337 g/mol. The maximum atomic E-state index is 3.58. The fourth-order valence-corrected chi connectivity index (χ4v) is 6.33. The minimum atomic E-state index is -0.574. The van der Waals surface area contributed by atoms with E-state index >= 15 is 0 Å². The fourth-order valence-electron chi connectivity index (χ4n) is 3.91. The minimum absolute atomic E-state index is 0.574. The summed E-state index contributed by atoms with van der Waals surface area (Å²) in [5, 5.41) is 7.01. The molecule has 0 unspecified atom stereocenters. The van der Waals surface area contributed by atoms with Crippen LogP contribution in [0, 0.1) is 6.07 Å². The molecule has 4 aromatic carbocycles. The van der Waals surface area contributed by atoms with Crippen LogP contribution in [0.5, 0.6) is 0 Å². The lowest BCUT2D eigenvalue weighted by atomic mass is 10.1. The summed E-state index contributed by atoms with van der Waals surface area (Å²) in [6, 6.07) is 34.5. The van der Waals surface area contributed by atoms with Gasteiger partial charge in [0.2, 0.25) is 0 Å². The van der Waals surface area contributed by atoms with Gasteiger partial charge in [-0.15, -0.1) is 0 Å². The highest BCUT2D eigenvalue weighted by Crippen LogP contribution is 2.38. The average molecular weight is 337 g/mol. The molecular formula is C24H18P. The number of aryl methyl sites for hydroxylation is 2. The summed E-state index contributed by atoms with van der Waals surface area (Å²) in [6.07, 6.45) is 2.33. The smallest absolute Gasteiger partial charge is 0.00160 e. The molecule has 0 saturated carbocycles. The number of hydrogen-bond acceptors (Lipinski definition) is 0. The molecule has 0 amide bonds. The molecule has 0 aromatic heterocycles. The summed E-state index contributed by atoms with van der Waals surface area (Å²) in [4.78, 5) is 0. The van der Waals surface area contributed by atoms with Crippen molar-refractivity contribution in [1.29, 1.82) is 0 Å². The van der Waals surface area contributed by atoms with Crippen LogP contribution in [0.2, 0.25) is 0 Å². The Morgan fingerprint density at radius 3 is 1.88 bits per heavy atom. The van der Waals surface area contributed by atoms with Crippen LogP contribution in [-0.2, 0) is 12.8 Å². The van der Waals surface area contributed by atoms with Crippen molar-refractivity contribution in [2.24, 2.45) is 0 Å². The Balaban J connectivity index is 1.80. The zero-order chi connectivity index (χ0) is 16.6. The SMILES string of the molecule is [c]1ccc2c3c(ccc(P(c4ccccc4)c4ccccc4)c13)CC2. The van der Waals surface area contributed by atoms with Crippen molar-refractivity contribution in [3.05, 3.63) is 102 Å². The highest BCUT2D eigenvalue weighted by atomic mass is 31.1. The van der Waals surface area contributed by atoms with E-state index in [4.69, 9.17) is 0 Å². The first-order chi connectivity index (χ1) is 12.4. The molecule has 25 heavy (non-hydrogen) atoms. The summed E-state index contributed by atoms with van der Waals surface area (Å²) < 4.78 is 0. The Hall–Kier alpha value is -2.43. The summed E-state index contributed by atoms with van der Waals surface area (Å²) in [6.45, 7) is 0. The van der Waals surface area contributed by atoms with Gasteiger partial charge in [-0.05, 0) is 64.6 Å². The Bertz CT molecular complexity index is 986. The molecule has 0 aliphatic heterocycles. The summed E-state index contributed by atoms with van der Waals surface area (Å²) >= 11 is 0. The topological polar surface area (TPSA) is 0 Å². The predicted molar refractivity (Wildman–Crippen MR) is 109 cm³/mol. The summed E-state index contributed by atoms with van der Waals surface area (Å²) in [7, 11) is -0.574. The van der Waals surface area contributed by atoms with Crippen molar-refractivity contribution in [3.8, 4) is 0 Å². The predicted octanol–water partition coefficient (Wildman–Crippen LogP) is 4.50. The molecule has 1 heteroatoms. The molecule has 1 aliphatic carbocycles. The van der Waals surface area contributed by atoms with E-state index in [9.17, 15) is 0 Å². The van der Waals surface area contributed by atoms with Crippen molar-refractivity contribution in [3.63, 3.8) is 0 Å². The molecule has 5 rings (SSSR count). The van der Waals surface area contributed by atoms with Crippen LogP contribution in [-0.4, -0.2) is 0 Å². The van der Waals surface area contributed by atoms with Crippen molar-refractivity contribution in [2.75, 3.05) is 0 Å². The van der Waals surface area contributed by atoms with Gasteiger partial charge in [0.25, 0.3) is 0 Å². The normalized spacial score (nSPS) is 12.8. The zero-order valence-electron chi connectivity index (χ0n) is 13.9. The second-order valence-corrected chi connectivity index (χ2v) is 8.69. The van der Waals surface area contributed by atoms with Gasteiger partial charge in [-0.2, -0.15) is 0 Å². The first-order valence-corrected chi connectivity index (χ1v) is 10.1. The van der Waals surface area contributed by atoms with E-state index in [0.29, 0.717) is 0 Å². The molecule has 1 radical (unpaired) electrons. The Morgan fingerprint density at radius 2 is 1.24 bits per heavy atom. The Labute approximate surface area is 149 Å². The van der Waals surface area contributed by atoms with Crippen molar-refractivity contribution in [1.82, 2.24) is 0 Å². The molecule has 0 bridgehead atoms. The second-order valence-electron chi connectivity index (χ2n) is 6.50. The van der Waals surface area contributed by atoms with Gasteiger partial charge in [0.05, 0.1) is 0 Å². The third kappa shape index (κ3) is 2.49. The third-order valence-corrected chi connectivity index (χ3v) is 7.52. The van der Waals surface area contributed by atoms with Crippen LogP contribution in [0.3, 0.4) is 0 Å². The van der Waals surface area contributed by atoms with Crippen LogP contribution in [0.4, 0.5) is 0 Å². The third-order valence-electron chi connectivity index (χ3n) is 5.04. The molecule has 0 atom stereocenters. The summed E-state index contributed by atoms with van der Waals surface area (Å²) in [5.74, 6) is 0. The van der Waals surface area contributed by atoms with E-state index in [1.54, 1.807) is 0 Å². The molecule has 0 nitrogen and oxygen atoms in total. The van der Waals surface area contributed by atoms with Crippen molar-refractivity contribution in [2.45, 2.75) is 12.8 Å². The Kier molecular flexibility index (Phi) is 3.65. The lowest BCUT2D eigenvalue weighted by molar-refractivity contribution is 1.02. The van der Waals surface area contributed by atoms with Crippen LogP contribution < -0.4 is 15.9 Å². The molecule has 4 aromatic rings. The fraction of sp³-hybridized carbons (Fsp3) is 0.0833. The Morgan fingerprint density at radius 1 is 0.640 bits per heavy atom. The molecule has 0 saturated heterocycles. The van der Waals surface area contributed by atoms with E-state index in [0.717, 1.165) is 0 Å². The highest BCUT2D eigenvalue weighted by molar-refractivity contribution is 7.80. The molecule has 1 aliphatic rings. The maximum Gasteiger partial charge on any atom is -0.00160 e. The highest BCUT2D eigenvalue weighted by Gasteiger charge is 2.22. The number of hydrogen-bond donors (Lipinski definition) is 0. The molecule has 0 fully saturated rings. The second kappa shape index (κ2) is 6.14. The van der Waals surface area contributed by atoms with E-state index in [1.165, 1.54) is 50.7 Å². The lowest BCUT2D eigenvalue weighted by Gasteiger charge is -2.21. The molecule has 0 N–H and O–H groups in total. The van der Waals surface area contributed by atoms with Crippen LogP contribution >= 0.6 is 7.92 Å². The largest absolute Gasteiger partial charge is 0.0622 e. The van der Waals surface area contributed by atoms with E-state index in [2.05, 4.69) is 91.0 Å². The van der Waals surface area contributed by atoms with Crippen molar-refractivity contribution < 1.29 is 0 Å². The summed E-state index contributed by atoms with van der Waals surface area (Å²) in [5.41, 5.74) is 2.98. The number of rotatable bonds is 3. The standard InChI is InChI=1S/C24H18P/c1-3-9-20(10-4-1)25(21-11-5-2-6-12-21)23-17-16-19-15-14-18-8-7-13-22(23)24(18)19/h1-12,16-17H,14-15H2. The van der Waals surface area contributed by atoms with Crippen LogP contribution in [0.1, 0.15) is 11.1 Å².